The lowest BCUT2D eigenvalue weighted by Crippen LogP contribution is -2.32. The number of aliphatic hydroxyl groups excluding tert-OH is 2. The summed E-state index contributed by atoms with van der Waals surface area (Å²) in [7, 11) is 0. The number of hydrogen-bond acceptors (Lipinski definition) is 12. The van der Waals surface area contributed by atoms with Crippen LogP contribution in [0, 0.1) is 16.7 Å². The van der Waals surface area contributed by atoms with Crippen LogP contribution in [0.5, 0.6) is 40.2 Å². The minimum atomic E-state index is -1.06. The van der Waals surface area contributed by atoms with Crippen molar-refractivity contribution in [1.82, 2.24) is 0 Å². The van der Waals surface area contributed by atoms with Crippen molar-refractivity contribution in [2.45, 2.75) is 101 Å². The van der Waals surface area contributed by atoms with Gasteiger partial charge in [-0.05, 0) is 119 Å². The molecule has 4 aromatic rings. The highest BCUT2D eigenvalue weighted by molar-refractivity contribution is 5.88. The summed E-state index contributed by atoms with van der Waals surface area (Å²) in [5.41, 5.74) is 8.35. The van der Waals surface area contributed by atoms with E-state index in [0.717, 1.165) is 49.6 Å². The molecule has 13 heteroatoms. The molecule has 0 spiro atoms. The summed E-state index contributed by atoms with van der Waals surface area (Å²) in [5.74, 6) is -3.93. The Morgan fingerprint density at radius 1 is 0.636 bits per heavy atom. The number of aliphatic carboxylic acids is 1. The Morgan fingerprint density at radius 2 is 1.19 bits per heavy atom. The number of aromatic hydroxyl groups is 7. The second-order valence-corrected chi connectivity index (χ2v) is 20.8. The largest absolute Gasteiger partial charge is 0.508 e. The molecule has 1 heterocycles. The average Bonchev–Trinajstić information content (AvgIpc) is 3.33. The Morgan fingerprint density at radius 3 is 1.75 bits per heavy atom. The fourth-order valence-electron chi connectivity index (χ4n) is 9.09. The number of allylic oxidation sites excluding steroid dienone is 20. The third-order valence-corrected chi connectivity index (χ3v) is 12.9. The molecule has 0 unspecified atom stereocenters. The summed E-state index contributed by atoms with van der Waals surface area (Å²) >= 11 is 0. The number of aliphatic hydroxyl groups is 2. The van der Waals surface area contributed by atoms with E-state index < -0.39 is 28.6 Å². The summed E-state index contributed by atoms with van der Waals surface area (Å²) in [6.45, 7) is 21.6. The van der Waals surface area contributed by atoms with E-state index in [1.807, 2.05) is 6.08 Å². The molecule has 2 aliphatic carbocycles. The number of phenols is 6. The maximum absolute atomic E-state index is 12.1. The minimum absolute atomic E-state index is 0.00528. The highest BCUT2D eigenvalue weighted by Crippen LogP contribution is 2.43. The van der Waals surface area contributed by atoms with E-state index in [2.05, 4.69) is 154 Å². The molecule has 13 nitrogen and oxygen atoms in total. The Kier molecular flexibility index (Phi) is 21.9. The molecule has 0 saturated carbocycles. The van der Waals surface area contributed by atoms with Crippen LogP contribution in [0.25, 0.3) is 28.4 Å². The van der Waals surface area contributed by atoms with Gasteiger partial charge in [0.15, 0.2) is 28.8 Å². The zero-order valence-corrected chi connectivity index (χ0v) is 45.5. The van der Waals surface area contributed by atoms with Gasteiger partial charge in [-0.15, -0.1) is 0 Å². The van der Waals surface area contributed by atoms with E-state index in [9.17, 15) is 45.3 Å². The maximum Gasteiger partial charge on any atom is 0.328 e. The average molecular weight is 1050 g/mol. The van der Waals surface area contributed by atoms with Crippen LogP contribution in [-0.2, 0) is 4.79 Å². The van der Waals surface area contributed by atoms with Crippen molar-refractivity contribution in [3.8, 4) is 51.6 Å². The molecule has 6 rings (SSSR count). The summed E-state index contributed by atoms with van der Waals surface area (Å²) in [5, 5.41) is 94.1. The number of fused-ring (bicyclic) bond motifs is 1. The van der Waals surface area contributed by atoms with Crippen molar-refractivity contribution in [1.29, 1.82) is 0 Å². The van der Waals surface area contributed by atoms with Crippen LogP contribution in [-0.4, -0.2) is 69.2 Å². The van der Waals surface area contributed by atoms with Gasteiger partial charge in [-0.25, -0.2) is 4.79 Å². The Labute approximate surface area is 451 Å². The van der Waals surface area contributed by atoms with Gasteiger partial charge in [0, 0.05) is 29.7 Å². The molecule has 77 heavy (non-hydrogen) atoms. The van der Waals surface area contributed by atoms with Gasteiger partial charge in [0.1, 0.15) is 22.5 Å². The van der Waals surface area contributed by atoms with Crippen molar-refractivity contribution < 1.29 is 60.3 Å². The zero-order valence-electron chi connectivity index (χ0n) is 45.5. The lowest BCUT2D eigenvalue weighted by Gasteiger charge is -2.38. The van der Waals surface area contributed by atoms with Crippen LogP contribution in [0.2, 0.25) is 0 Å². The second-order valence-electron chi connectivity index (χ2n) is 20.8. The first kappa shape index (κ1) is 61.3. The molecule has 2 aliphatic rings. The van der Waals surface area contributed by atoms with E-state index in [1.165, 1.54) is 69.4 Å². The van der Waals surface area contributed by atoms with Gasteiger partial charge in [-0.2, -0.15) is 0 Å². The first-order chi connectivity index (χ1) is 36.1. The third kappa shape index (κ3) is 18.5. The van der Waals surface area contributed by atoms with Crippen molar-refractivity contribution in [3.63, 3.8) is 0 Å². The molecule has 0 saturated heterocycles. The van der Waals surface area contributed by atoms with Crippen LogP contribution in [0.4, 0.5) is 0 Å². The second kappa shape index (κ2) is 27.5. The standard InChI is InChI=1S/C40H56O2.C15H10O7.C9H8O4/c1-29(17-13-19-31(3)21-23-37-33(5)25-35(41)27-39(37,7)8)15-11-12-16-30(2)18-14-20-32(4)22-24-38-34(6)26-36(42)28-40(38,9)10;16-7-4-10(19)12-11(5-7)22-15(14(21)13(12)20)6-1-2-8(17)9(18)3-6;10-7-3-1-6(5-8(7)11)2-4-9(12)13/h11-25,35-37,41-42H,26-28H2,1-10H3;1-5,16-19,21H;1-5,10-11H,(H,12,13)/b12-11+,17-13+,18-14+,23-21+,24-22+,29-15+,30-16+,31-19+,32-20+;;4-2+/t35-,36+,37-;;/m0../s1. The topological polar surface area (TPSA) is 250 Å². The number of carbonyl (C=O) groups is 1. The van der Waals surface area contributed by atoms with E-state index in [1.54, 1.807) is 0 Å². The quantitative estimate of drug-likeness (QED) is 0.0259. The van der Waals surface area contributed by atoms with E-state index in [4.69, 9.17) is 19.7 Å². The molecule has 3 aromatic carbocycles. The number of carboxylic acids is 1. The minimum Gasteiger partial charge on any atom is -0.508 e. The van der Waals surface area contributed by atoms with E-state index in [0.29, 0.717) is 11.5 Å². The normalized spacial score (nSPS) is 19.4. The van der Waals surface area contributed by atoms with Crippen molar-refractivity contribution in [3.05, 3.63) is 201 Å². The molecule has 1 aromatic heterocycles. The van der Waals surface area contributed by atoms with E-state index in [-0.39, 0.29) is 68.3 Å². The van der Waals surface area contributed by atoms with Crippen LogP contribution >= 0.6 is 0 Å². The number of hydrogen-bond donors (Lipinski definition) is 10. The number of phenolic OH excluding ortho intramolecular Hbond substituents is 6. The molecule has 3 atom stereocenters. The molecular weight excluding hydrogens is 977 g/mol. The van der Waals surface area contributed by atoms with Gasteiger partial charge in [-0.3, -0.25) is 4.79 Å². The molecule has 10 N–H and O–H groups in total. The predicted molar refractivity (Wildman–Crippen MR) is 307 cm³/mol. The number of rotatable bonds is 13. The highest BCUT2D eigenvalue weighted by Gasteiger charge is 2.34. The van der Waals surface area contributed by atoms with Gasteiger partial charge in [0.25, 0.3) is 0 Å². The molecule has 0 amide bonds. The lowest BCUT2D eigenvalue weighted by molar-refractivity contribution is -0.131. The SMILES string of the molecule is CC1=C[C@H](O)CC(C)(C)[C@H]1/C=C/C(C)=C/C=C/C(C)=C/C=C/C=C(C)/C=C/C=C(C)/C=C/C1=C(C)C[C@@H](O)CC1(C)C.O=C(O)/C=C/c1ccc(O)c(O)c1.O=c1c(O)c(-c2ccc(O)c(O)c2)oc2cc(O)cc(O)c12. The fourth-order valence-corrected chi connectivity index (χ4v) is 9.09. The van der Waals surface area contributed by atoms with Crippen LogP contribution in [0.3, 0.4) is 0 Å². The van der Waals surface area contributed by atoms with Crippen molar-refractivity contribution in [2.24, 2.45) is 16.7 Å². The van der Waals surface area contributed by atoms with Gasteiger partial charge < -0.3 is 55.5 Å². The van der Waals surface area contributed by atoms with Crippen molar-refractivity contribution in [2.75, 3.05) is 0 Å². The first-order valence-electron chi connectivity index (χ1n) is 25.1. The summed E-state index contributed by atoms with van der Waals surface area (Å²) in [6, 6.07) is 9.70. The molecule has 0 bridgehead atoms. The smallest absolute Gasteiger partial charge is 0.328 e. The third-order valence-electron chi connectivity index (χ3n) is 12.9. The molecular formula is C64H74O13. The predicted octanol–water partition coefficient (Wildman–Crippen LogP) is 13.6. The van der Waals surface area contributed by atoms with Gasteiger partial charge in [-0.1, -0.05) is 158 Å². The van der Waals surface area contributed by atoms with Gasteiger partial charge >= 0.3 is 5.97 Å². The molecule has 0 radical (unpaired) electrons. The monoisotopic (exact) mass is 1050 g/mol. The van der Waals surface area contributed by atoms with Crippen molar-refractivity contribution >= 4 is 23.0 Å². The maximum atomic E-state index is 12.1. The summed E-state index contributed by atoms with van der Waals surface area (Å²) < 4.78 is 5.35. The molecule has 0 fully saturated rings. The molecule has 0 aliphatic heterocycles. The van der Waals surface area contributed by atoms with Crippen LogP contribution in [0.1, 0.15) is 94.1 Å². The van der Waals surface area contributed by atoms with E-state index >= 15 is 0 Å². The highest BCUT2D eigenvalue weighted by atomic mass is 16.4. The lowest BCUT2D eigenvalue weighted by atomic mass is 9.67. The number of carboxylic acid groups (broad SMARTS) is 1. The van der Waals surface area contributed by atoms with Gasteiger partial charge in [0.05, 0.1) is 12.2 Å². The summed E-state index contributed by atoms with van der Waals surface area (Å²) in [4.78, 5) is 22.3. The Bertz CT molecular complexity index is 3230. The van der Waals surface area contributed by atoms with Gasteiger partial charge in [0.2, 0.25) is 11.2 Å². The fraction of sp³-hybridized carbons (Fsp3) is 0.281. The Balaban J connectivity index is 0.000000299. The van der Waals surface area contributed by atoms with Crippen LogP contribution < -0.4 is 5.43 Å². The zero-order chi connectivity index (χ0) is 57.4. The number of benzene rings is 3. The van der Waals surface area contributed by atoms with Crippen LogP contribution in [0.15, 0.2) is 194 Å². The first-order valence-corrected chi connectivity index (χ1v) is 25.1. The molecule has 408 valence electrons. The Hall–Kier alpha value is -8.26. The summed E-state index contributed by atoms with van der Waals surface area (Å²) in [6.07, 6.45) is 36.1.